The Morgan fingerprint density at radius 2 is 1.55 bits per heavy atom. The highest BCUT2D eigenvalue weighted by molar-refractivity contribution is 5.79. The van der Waals surface area contributed by atoms with Crippen LogP contribution in [0.5, 0.6) is 0 Å². The predicted octanol–water partition coefficient (Wildman–Crippen LogP) is 6.18. The average molecular weight is 1000 g/mol. The molecule has 3 saturated heterocycles. The number of ether oxygens (including phenoxy) is 8. The van der Waals surface area contributed by atoms with Crippen LogP contribution in [0, 0.1) is 17.8 Å². The molecule has 18 atom stereocenters. The first-order valence-corrected chi connectivity index (χ1v) is 25.6. The van der Waals surface area contributed by atoms with Crippen LogP contribution in [0.25, 0.3) is 11.1 Å². The molecule has 1 aliphatic carbocycles. The molecule has 3 fully saturated rings. The minimum Gasteiger partial charge on any atom is -0.459 e. The van der Waals surface area contributed by atoms with Crippen LogP contribution in [-0.2, 0) is 42.7 Å². The number of nitrogens with zero attached hydrogens (tertiary/aromatic N) is 2. The van der Waals surface area contributed by atoms with Crippen molar-refractivity contribution in [3.05, 3.63) is 59.7 Å². The van der Waals surface area contributed by atoms with Crippen molar-refractivity contribution >= 4 is 12.1 Å². The van der Waals surface area contributed by atoms with E-state index < -0.39 is 127 Å². The highest BCUT2D eigenvalue weighted by atomic mass is 19.1. The maximum Gasteiger partial charge on any atom is 0.508 e. The van der Waals surface area contributed by atoms with Gasteiger partial charge in [0.15, 0.2) is 18.7 Å². The third kappa shape index (κ3) is 12.4. The first-order valence-electron chi connectivity index (χ1n) is 25.6. The number of halogens is 1. The molecule has 16 nitrogen and oxygen atoms in total. The van der Waals surface area contributed by atoms with E-state index in [-0.39, 0.29) is 44.9 Å². The van der Waals surface area contributed by atoms with Crippen molar-refractivity contribution in [3.63, 3.8) is 0 Å². The first kappa shape index (κ1) is 57.0. The first-order chi connectivity index (χ1) is 33.4. The molecule has 400 valence electrons. The zero-order chi connectivity index (χ0) is 52.3. The summed E-state index contributed by atoms with van der Waals surface area (Å²) < 4.78 is 65.8. The summed E-state index contributed by atoms with van der Waals surface area (Å²) in [6.45, 7) is 16.8. The Morgan fingerprint density at radius 1 is 0.930 bits per heavy atom. The van der Waals surface area contributed by atoms with Crippen LogP contribution in [-0.4, -0.2) is 175 Å². The van der Waals surface area contributed by atoms with E-state index in [9.17, 15) is 29.3 Å². The third-order valence-electron chi connectivity index (χ3n) is 16.1. The number of carbonyl (C=O) groups excluding carboxylic acids is 2. The van der Waals surface area contributed by atoms with Crippen LogP contribution < -0.4 is 5.73 Å². The molecule has 0 saturated carbocycles. The standard InChI is InChI=1S/C54H84FN3O13/c1-14-42-54(10,63)47(59)30(2)28-58(24-23-55)31(3)26-52(8,62)48(33(5)44(34(6)49(60)68-42)69-43-27-53(9,64-13)46(56)35(7)67-43)71-50-45(41(57(11)12)25-32(4)66-50)70-51(61)65-29-40-38-21-17-15-19-36(38)37-20-16-18-22-39(37)40/h15-22,30-35,40-48,50,59,62-63H,14,23-29,56H2,1-13H3/t30-,31+,32+,33-,34+,35-,41-,42+,43-,44-,45+,46-,47+,48+,50-,52+,53+,54+/m0/s1. The number of fused-ring (bicyclic) bond motifs is 3. The van der Waals surface area contributed by atoms with Crippen molar-refractivity contribution in [2.75, 3.05) is 47.6 Å². The molecule has 0 radical (unpaired) electrons. The second-order valence-corrected chi connectivity index (χ2v) is 21.9. The molecule has 0 spiro atoms. The Bertz CT molecular complexity index is 2030. The van der Waals surface area contributed by atoms with Crippen LogP contribution in [0.4, 0.5) is 9.18 Å². The van der Waals surface area contributed by atoms with Crippen molar-refractivity contribution in [1.29, 1.82) is 0 Å². The number of benzene rings is 2. The number of cyclic esters (lactones) is 1. The fourth-order valence-electron chi connectivity index (χ4n) is 11.8. The van der Waals surface area contributed by atoms with Gasteiger partial charge in [0.2, 0.25) is 0 Å². The van der Waals surface area contributed by atoms with Gasteiger partial charge in [-0.2, -0.15) is 0 Å². The Kier molecular flexibility index (Phi) is 18.8. The number of aliphatic hydroxyl groups excluding tert-OH is 1. The van der Waals surface area contributed by atoms with Crippen molar-refractivity contribution in [2.45, 2.75) is 191 Å². The van der Waals surface area contributed by atoms with Crippen molar-refractivity contribution in [3.8, 4) is 11.1 Å². The molecule has 71 heavy (non-hydrogen) atoms. The molecule has 0 bridgehead atoms. The second kappa shape index (κ2) is 23.5. The summed E-state index contributed by atoms with van der Waals surface area (Å²) in [5.74, 6) is -3.60. The van der Waals surface area contributed by atoms with Gasteiger partial charge in [0, 0.05) is 44.5 Å². The minimum absolute atomic E-state index is 0.00477. The van der Waals surface area contributed by atoms with Crippen molar-refractivity contribution in [2.24, 2.45) is 23.5 Å². The van der Waals surface area contributed by atoms with Crippen LogP contribution >= 0.6 is 0 Å². The van der Waals surface area contributed by atoms with Crippen LogP contribution in [0.15, 0.2) is 48.5 Å². The number of methoxy groups -OCH3 is 1. The molecule has 0 aromatic heterocycles. The summed E-state index contributed by atoms with van der Waals surface area (Å²) in [5, 5.41) is 36.8. The third-order valence-corrected chi connectivity index (χ3v) is 16.1. The summed E-state index contributed by atoms with van der Waals surface area (Å²) in [7, 11) is 5.31. The number of hydrogen-bond acceptors (Lipinski definition) is 16. The molecular weight excluding hydrogens is 918 g/mol. The molecule has 3 heterocycles. The van der Waals surface area contributed by atoms with Gasteiger partial charge in [0.1, 0.15) is 25.0 Å². The molecule has 17 heteroatoms. The van der Waals surface area contributed by atoms with E-state index in [1.807, 2.05) is 88.0 Å². The van der Waals surface area contributed by atoms with E-state index in [2.05, 4.69) is 12.1 Å². The lowest BCUT2D eigenvalue weighted by atomic mass is 9.78. The second-order valence-electron chi connectivity index (χ2n) is 21.9. The molecule has 6 rings (SSSR count). The number of likely N-dealkylation sites (N-methyl/N-ethyl adjacent to an activating group) is 1. The number of alkyl halides is 1. The predicted molar refractivity (Wildman–Crippen MR) is 265 cm³/mol. The van der Waals surface area contributed by atoms with E-state index in [1.165, 1.54) is 6.92 Å². The summed E-state index contributed by atoms with van der Waals surface area (Å²) in [4.78, 5) is 32.5. The Morgan fingerprint density at radius 3 is 2.13 bits per heavy atom. The molecular formula is C54H84FN3O13. The van der Waals surface area contributed by atoms with E-state index in [1.54, 1.807) is 41.7 Å². The molecule has 0 amide bonds. The average Bonchev–Trinajstić information content (AvgIpc) is 3.64. The van der Waals surface area contributed by atoms with Gasteiger partial charge >= 0.3 is 12.1 Å². The highest BCUT2D eigenvalue weighted by Gasteiger charge is 2.53. The molecule has 4 aliphatic rings. The monoisotopic (exact) mass is 1000 g/mol. The summed E-state index contributed by atoms with van der Waals surface area (Å²) >= 11 is 0. The molecule has 0 unspecified atom stereocenters. The van der Waals surface area contributed by atoms with Gasteiger partial charge in [-0.05, 0) is 110 Å². The summed E-state index contributed by atoms with van der Waals surface area (Å²) in [5.41, 5.74) is 6.25. The highest BCUT2D eigenvalue weighted by Crippen LogP contribution is 2.45. The fraction of sp³-hybridized carbons (Fsp3) is 0.741. The number of esters is 1. The largest absolute Gasteiger partial charge is 0.508 e. The Labute approximate surface area is 420 Å². The van der Waals surface area contributed by atoms with E-state index in [0.717, 1.165) is 22.3 Å². The normalized spacial score (nSPS) is 40.0. The topological polar surface area (TPSA) is 201 Å². The number of nitrogens with two attached hydrogens (primary N) is 1. The molecule has 5 N–H and O–H groups in total. The Balaban J connectivity index is 1.40. The van der Waals surface area contributed by atoms with Gasteiger partial charge in [-0.1, -0.05) is 69.3 Å². The van der Waals surface area contributed by atoms with Gasteiger partial charge in [-0.25, -0.2) is 9.18 Å². The van der Waals surface area contributed by atoms with Gasteiger partial charge < -0.3 is 63.8 Å². The van der Waals surface area contributed by atoms with E-state index in [0.29, 0.717) is 6.42 Å². The van der Waals surface area contributed by atoms with Crippen molar-refractivity contribution in [1.82, 2.24) is 9.80 Å². The summed E-state index contributed by atoms with van der Waals surface area (Å²) in [6.07, 6.45) is -9.35. The number of hydrogen-bond donors (Lipinski definition) is 4. The van der Waals surface area contributed by atoms with Crippen LogP contribution in [0.2, 0.25) is 0 Å². The van der Waals surface area contributed by atoms with E-state index in [4.69, 9.17) is 43.6 Å². The maximum atomic E-state index is 14.6. The van der Waals surface area contributed by atoms with E-state index >= 15 is 0 Å². The fourth-order valence-corrected chi connectivity index (χ4v) is 11.8. The SMILES string of the molecule is CC[C@H]1OC(=O)[C@H](C)[C@@H](O[C@H]2C[C@@](C)(OC)[C@@H](N)[C@H](C)O2)[C@H](C)[C@@H](O[C@@H]2O[C@H](C)C[C@H](N(C)C)[C@H]2OC(=O)OCC2c3ccccc3-c3ccccc32)[C@](C)(O)C[C@@H](C)N(CCF)C[C@H](C)[C@@H](O)[C@]1(C)O. The quantitative estimate of drug-likeness (QED) is 0.176. The van der Waals surface area contributed by atoms with Gasteiger partial charge in [0.05, 0.1) is 59.7 Å². The number of rotatable bonds is 12. The minimum atomic E-state index is -1.91. The van der Waals surface area contributed by atoms with Gasteiger partial charge in [0.25, 0.3) is 0 Å². The zero-order valence-corrected chi connectivity index (χ0v) is 44.3. The van der Waals surface area contributed by atoms with Crippen LogP contribution in [0.3, 0.4) is 0 Å². The van der Waals surface area contributed by atoms with Gasteiger partial charge in [-0.3, -0.25) is 9.69 Å². The van der Waals surface area contributed by atoms with Gasteiger partial charge in [-0.15, -0.1) is 0 Å². The van der Waals surface area contributed by atoms with Crippen molar-refractivity contribution < 1.29 is 67.2 Å². The molecule has 2 aromatic carbocycles. The number of carbonyl (C=O) groups is 2. The lowest BCUT2D eigenvalue weighted by Crippen LogP contribution is -2.62. The molecule has 3 aliphatic heterocycles. The molecule has 2 aromatic rings. The zero-order valence-electron chi connectivity index (χ0n) is 44.3. The maximum absolute atomic E-state index is 14.6. The summed E-state index contributed by atoms with van der Waals surface area (Å²) in [6, 6.07) is 14.6. The van der Waals surface area contributed by atoms with Crippen LogP contribution in [0.1, 0.15) is 112 Å². The lowest BCUT2D eigenvalue weighted by Gasteiger charge is -2.49. The smallest absolute Gasteiger partial charge is 0.459 e. The lowest BCUT2D eigenvalue weighted by molar-refractivity contribution is -0.311. The number of aliphatic hydroxyl groups is 3. The Hall–Kier alpha value is -3.33.